The van der Waals surface area contributed by atoms with Crippen molar-refractivity contribution in [3.8, 4) is 0 Å². The number of hydrogen-bond donors (Lipinski definition) is 0. The number of rotatable bonds is 2. The maximum atomic E-state index is 11.2. The summed E-state index contributed by atoms with van der Waals surface area (Å²) in [6.45, 7) is 3.51. The predicted octanol–water partition coefficient (Wildman–Crippen LogP) is 2.26. The smallest absolute Gasteiger partial charge is 0.208 e. The molecule has 1 rings (SSSR count). The van der Waals surface area contributed by atoms with Gasteiger partial charge in [-0.1, -0.05) is 0 Å². The van der Waals surface area contributed by atoms with Crippen molar-refractivity contribution in [1.82, 2.24) is 4.98 Å². The van der Waals surface area contributed by atoms with E-state index in [2.05, 4.69) is 4.98 Å². The Kier molecular flexibility index (Phi) is 2.62. The molecule has 0 N–H and O–H groups in total. The summed E-state index contributed by atoms with van der Waals surface area (Å²) in [6.07, 6.45) is 0. The molecule has 4 heteroatoms. The molecule has 0 amide bonds. The maximum absolute atomic E-state index is 11.2. The largest absolute Gasteiger partial charge is 0.290 e. The molecule has 0 aliphatic heterocycles. The Bertz CT molecular complexity index is 269. The van der Waals surface area contributed by atoms with E-state index in [1.54, 1.807) is 6.92 Å². The van der Waals surface area contributed by atoms with Crippen LogP contribution in [0, 0.1) is 6.92 Å². The van der Waals surface area contributed by atoms with E-state index in [1.807, 2.05) is 12.3 Å². The molecule has 0 fully saturated rings. The van der Waals surface area contributed by atoms with Gasteiger partial charge in [-0.25, -0.2) is 4.98 Å². The molecule has 0 aliphatic carbocycles. The average molecular weight is 190 g/mol. The Morgan fingerprint density at radius 3 is 2.82 bits per heavy atom. The molecule has 0 spiro atoms. The number of Topliss-reactive ketones (excluding diaryl/α,β-unsaturated/α-hetero) is 1. The molecule has 1 heterocycles. The zero-order valence-corrected chi connectivity index (χ0v) is 7.87. The van der Waals surface area contributed by atoms with Gasteiger partial charge in [-0.15, -0.1) is 22.9 Å². The van der Waals surface area contributed by atoms with Gasteiger partial charge < -0.3 is 0 Å². The Morgan fingerprint density at radius 2 is 2.45 bits per heavy atom. The number of carbonyl (C=O) groups excluding carboxylic acids is 1. The zero-order chi connectivity index (χ0) is 8.43. The van der Waals surface area contributed by atoms with E-state index in [1.165, 1.54) is 11.3 Å². The fraction of sp³-hybridized carbons (Fsp3) is 0.429. The van der Waals surface area contributed by atoms with Crippen molar-refractivity contribution in [2.45, 2.75) is 19.2 Å². The van der Waals surface area contributed by atoms with Crippen molar-refractivity contribution in [2.24, 2.45) is 0 Å². The van der Waals surface area contributed by atoms with Gasteiger partial charge in [0.05, 0.1) is 5.38 Å². The van der Waals surface area contributed by atoms with Gasteiger partial charge in [0, 0.05) is 11.1 Å². The number of hydrogen-bond acceptors (Lipinski definition) is 3. The summed E-state index contributed by atoms with van der Waals surface area (Å²) in [6, 6.07) is 0. The number of carbonyl (C=O) groups is 1. The Labute approximate surface area is 74.2 Å². The quantitative estimate of drug-likeness (QED) is 0.528. The van der Waals surface area contributed by atoms with Gasteiger partial charge in [-0.3, -0.25) is 4.79 Å². The predicted molar refractivity (Wildman–Crippen MR) is 46.5 cm³/mol. The highest BCUT2D eigenvalue weighted by Gasteiger charge is 2.14. The molecule has 60 valence electrons. The molecule has 1 aromatic heterocycles. The van der Waals surface area contributed by atoms with Crippen LogP contribution < -0.4 is 0 Å². The van der Waals surface area contributed by atoms with Crippen LogP contribution in [0.15, 0.2) is 5.38 Å². The minimum atomic E-state index is -0.472. The first-order valence-corrected chi connectivity index (χ1v) is 4.53. The third-order valence-corrected chi connectivity index (χ3v) is 2.36. The highest BCUT2D eigenvalue weighted by Crippen LogP contribution is 2.13. The summed E-state index contributed by atoms with van der Waals surface area (Å²) in [5.74, 6) is -0.0928. The monoisotopic (exact) mass is 189 g/mol. The van der Waals surface area contributed by atoms with Crippen molar-refractivity contribution in [2.75, 3.05) is 0 Å². The number of aromatic nitrogens is 1. The molecule has 0 aliphatic rings. The van der Waals surface area contributed by atoms with Crippen LogP contribution >= 0.6 is 22.9 Å². The average Bonchev–Trinajstić information content (AvgIpc) is 2.34. The van der Waals surface area contributed by atoms with Gasteiger partial charge in [-0.05, 0) is 13.8 Å². The van der Waals surface area contributed by atoms with Gasteiger partial charge >= 0.3 is 0 Å². The van der Waals surface area contributed by atoms with Crippen molar-refractivity contribution in [1.29, 1.82) is 0 Å². The minimum Gasteiger partial charge on any atom is -0.290 e. The second-order valence-corrected chi connectivity index (χ2v) is 3.79. The summed E-state index contributed by atoms with van der Waals surface area (Å²) in [7, 11) is 0. The number of alkyl halides is 1. The van der Waals surface area contributed by atoms with Crippen LogP contribution in [0.4, 0.5) is 0 Å². The van der Waals surface area contributed by atoms with Gasteiger partial charge in [0.15, 0.2) is 5.01 Å². The first kappa shape index (κ1) is 8.68. The topological polar surface area (TPSA) is 30.0 Å². The fourth-order valence-corrected chi connectivity index (χ4v) is 1.63. The first-order valence-electron chi connectivity index (χ1n) is 3.21. The number of thiazole rings is 1. The molecule has 0 saturated heterocycles. The molecule has 11 heavy (non-hydrogen) atoms. The second-order valence-electron chi connectivity index (χ2n) is 2.27. The van der Waals surface area contributed by atoms with Gasteiger partial charge in [-0.2, -0.15) is 0 Å². The third kappa shape index (κ3) is 2.01. The lowest BCUT2D eigenvalue weighted by atomic mass is 10.3. The van der Waals surface area contributed by atoms with Crippen LogP contribution in [0.2, 0.25) is 0 Å². The van der Waals surface area contributed by atoms with Crippen LogP contribution in [0.5, 0.6) is 0 Å². The zero-order valence-electron chi connectivity index (χ0n) is 6.30. The molecule has 0 radical (unpaired) electrons. The first-order chi connectivity index (χ1) is 5.11. The molecule has 1 aromatic rings. The second kappa shape index (κ2) is 3.32. The van der Waals surface area contributed by atoms with Crippen molar-refractivity contribution < 1.29 is 4.79 Å². The molecular formula is C7H8ClNOS. The fourth-order valence-electron chi connectivity index (χ4n) is 0.637. The van der Waals surface area contributed by atoms with Crippen LogP contribution in [0.25, 0.3) is 0 Å². The molecule has 0 aromatic carbocycles. The number of aryl methyl sites for hydroxylation is 1. The summed E-state index contributed by atoms with van der Waals surface area (Å²) in [4.78, 5) is 15.2. The molecular weight excluding hydrogens is 182 g/mol. The van der Waals surface area contributed by atoms with Gasteiger partial charge in [0.1, 0.15) is 0 Å². The lowest BCUT2D eigenvalue weighted by Crippen LogP contribution is -2.09. The molecule has 0 saturated carbocycles. The summed E-state index contributed by atoms with van der Waals surface area (Å²) in [5.41, 5.74) is 0.871. The molecule has 1 unspecified atom stereocenters. The van der Waals surface area contributed by atoms with E-state index in [0.717, 1.165) is 5.69 Å². The van der Waals surface area contributed by atoms with Crippen LogP contribution in [0.1, 0.15) is 22.4 Å². The Balaban J connectivity index is 2.85. The lowest BCUT2D eigenvalue weighted by Gasteiger charge is -1.95. The van der Waals surface area contributed by atoms with Gasteiger partial charge in [0.2, 0.25) is 5.78 Å². The van der Waals surface area contributed by atoms with Crippen LogP contribution in [0.3, 0.4) is 0 Å². The van der Waals surface area contributed by atoms with Crippen molar-refractivity contribution in [3.05, 3.63) is 16.1 Å². The van der Waals surface area contributed by atoms with Crippen LogP contribution in [-0.4, -0.2) is 16.1 Å². The summed E-state index contributed by atoms with van der Waals surface area (Å²) < 4.78 is 0. The van der Waals surface area contributed by atoms with Crippen molar-refractivity contribution >= 4 is 28.7 Å². The number of halogens is 1. The summed E-state index contributed by atoms with van der Waals surface area (Å²) in [5, 5.41) is 1.87. The Morgan fingerprint density at radius 1 is 1.82 bits per heavy atom. The summed E-state index contributed by atoms with van der Waals surface area (Å²) >= 11 is 6.93. The van der Waals surface area contributed by atoms with Gasteiger partial charge in [0.25, 0.3) is 0 Å². The van der Waals surface area contributed by atoms with E-state index < -0.39 is 5.38 Å². The number of nitrogens with zero attached hydrogens (tertiary/aromatic N) is 1. The van der Waals surface area contributed by atoms with Crippen LogP contribution in [-0.2, 0) is 0 Å². The molecule has 1 atom stereocenters. The molecule has 0 bridgehead atoms. The maximum Gasteiger partial charge on any atom is 0.208 e. The lowest BCUT2D eigenvalue weighted by molar-refractivity contribution is 0.0991. The Hall–Kier alpha value is -0.410. The SMILES string of the molecule is Cc1csc(C(=O)C(C)Cl)n1. The normalized spacial score (nSPS) is 13.0. The minimum absolute atomic E-state index is 0.0928. The van der Waals surface area contributed by atoms with E-state index >= 15 is 0 Å². The van der Waals surface area contributed by atoms with E-state index in [4.69, 9.17) is 11.6 Å². The van der Waals surface area contributed by atoms with Crippen molar-refractivity contribution in [3.63, 3.8) is 0 Å². The van der Waals surface area contributed by atoms with E-state index in [-0.39, 0.29) is 5.78 Å². The third-order valence-electron chi connectivity index (χ3n) is 1.19. The molecule has 2 nitrogen and oxygen atoms in total. The van der Waals surface area contributed by atoms with E-state index in [9.17, 15) is 4.79 Å². The highest BCUT2D eigenvalue weighted by molar-refractivity contribution is 7.11. The highest BCUT2D eigenvalue weighted by atomic mass is 35.5. The number of ketones is 1. The van der Waals surface area contributed by atoms with E-state index in [0.29, 0.717) is 5.01 Å². The standard InChI is InChI=1S/C7H8ClNOS/c1-4-3-11-7(9-4)6(10)5(2)8/h3,5H,1-2H3.